The fourth-order valence-corrected chi connectivity index (χ4v) is 2.79. The molecule has 21 heavy (non-hydrogen) atoms. The second-order valence-electron chi connectivity index (χ2n) is 4.75. The summed E-state index contributed by atoms with van der Waals surface area (Å²) < 4.78 is 13.1. The molecule has 0 saturated heterocycles. The third kappa shape index (κ3) is 4.56. The Morgan fingerprint density at radius 3 is 2.67 bits per heavy atom. The lowest BCUT2D eigenvalue weighted by molar-refractivity contribution is 0.238. The van der Waals surface area contributed by atoms with Crippen LogP contribution in [0.5, 0.6) is 0 Å². The van der Waals surface area contributed by atoms with Crippen molar-refractivity contribution in [3.63, 3.8) is 0 Å². The van der Waals surface area contributed by atoms with Gasteiger partial charge in [0.15, 0.2) is 0 Å². The van der Waals surface area contributed by atoms with Gasteiger partial charge in [0.1, 0.15) is 5.82 Å². The van der Waals surface area contributed by atoms with Gasteiger partial charge < -0.3 is 10.6 Å². The van der Waals surface area contributed by atoms with E-state index >= 15 is 0 Å². The Kier molecular flexibility index (Phi) is 5.75. The largest absolute Gasteiger partial charge is 0.338 e. The Hall–Kier alpha value is -1.88. The van der Waals surface area contributed by atoms with Crippen molar-refractivity contribution >= 4 is 17.4 Å². The average Bonchev–Trinajstić information content (AvgIpc) is 3.00. The molecule has 2 rings (SSSR count). The monoisotopic (exact) mass is 306 g/mol. The van der Waals surface area contributed by atoms with Crippen LogP contribution in [-0.4, -0.2) is 12.6 Å². The Bertz CT molecular complexity index is 554. The Morgan fingerprint density at radius 1 is 1.29 bits per heavy atom. The number of carbonyl (C=O) groups excluding carboxylic acids is 1. The lowest BCUT2D eigenvalue weighted by Gasteiger charge is -2.18. The molecule has 3 nitrogen and oxygen atoms in total. The van der Waals surface area contributed by atoms with E-state index in [2.05, 4.69) is 17.6 Å². The first-order chi connectivity index (χ1) is 10.2. The second kappa shape index (κ2) is 7.78. The molecule has 1 atom stereocenters. The molecule has 0 saturated carbocycles. The van der Waals surface area contributed by atoms with Crippen molar-refractivity contribution in [2.75, 3.05) is 6.54 Å². The highest BCUT2D eigenvalue weighted by Crippen LogP contribution is 2.26. The molecule has 2 aromatic rings. The molecular formula is C16H19FN2OS. The lowest BCUT2D eigenvalue weighted by Crippen LogP contribution is -2.38. The van der Waals surface area contributed by atoms with Gasteiger partial charge in [-0.1, -0.05) is 31.5 Å². The van der Waals surface area contributed by atoms with Crippen molar-refractivity contribution < 1.29 is 9.18 Å². The fourth-order valence-electron chi connectivity index (χ4n) is 1.99. The van der Waals surface area contributed by atoms with Crippen LogP contribution in [0.25, 0.3) is 0 Å². The fraction of sp³-hybridized carbons (Fsp3) is 0.312. The minimum absolute atomic E-state index is 0.203. The molecule has 5 heteroatoms. The molecule has 1 aromatic carbocycles. The van der Waals surface area contributed by atoms with Crippen LogP contribution >= 0.6 is 11.3 Å². The molecule has 1 heterocycles. The number of carbonyl (C=O) groups is 1. The Labute approximate surface area is 128 Å². The van der Waals surface area contributed by atoms with Gasteiger partial charge in [-0.15, -0.1) is 11.3 Å². The normalized spacial score (nSPS) is 11.9. The molecule has 0 spiro atoms. The van der Waals surface area contributed by atoms with E-state index in [1.807, 2.05) is 17.5 Å². The number of hydrogen-bond donors (Lipinski definition) is 2. The number of thiophene rings is 1. The van der Waals surface area contributed by atoms with Gasteiger partial charge in [-0.2, -0.15) is 0 Å². The van der Waals surface area contributed by atoms with Gasteiger partial charge in [0, 0.05) is 11.4 Å². The topological polar surface area (TPSA) is 41.1 Å². The van der Waals surface area contributed by atoms with Gasteiger partial charge in [-0.3, -0.25) is 0 Å². The van der Waals surface area contributed by atoms with E-state index in [0.29, 0.717) is 6.54 Å². The van der Waals surface area contributed by atoms with E-state index in [0.717, 1.165) is 23.3 Å². The van der Waals surface area contributed by atoms with Crippen LogP contribution in [0.2, 0.25) is 0 Å². The Balaban J connectivity index is 2.10. The summed E-state index contributed by atoms with van der Waals surface area (Å²) in [7, 11) is 0. The molecule has 0 fully saturated rings. The summed E-state index contributed by atoms with van der Waals surface area (Å²) in [4.78, 5) is 13.0. The molecule has 0 aliphatic heterocycles. The van der Waals surface area contributed by atoms with Crippen molar-refractivity contribution in [1.29, 1.82) is 0 Å². The molecule has 1 aromatic heterocycles. The highest BCUT2D eigenvalue weighted by Gasteiger charge is 2.17. The van der Waals surface area contributed by atoms with E-state index in [1.165, 1.54) is 12.1 Å². The first-order valence-corrected chi connectivity index (χ1v) is 7.92. The highest BCUT2D eigenvalue weighted by molar-refractivity contribution is 7.10. The van der Waals surface area contributed by atoms with Crippen molar-refractivity contribution in [3.05, 3.63) is 58.0 Å². The molecule has 2 amide bonds. The number of benzene rings is 1. The smallest absolute Gasteiger partial charge is 0.315 e. The summed E-state index contributed by atoms with van der Waals surface area (Å²) in [5.74, 6) is -0.281. The molecule has 0 aliphatic rings. The maximum absolute atomic E-state index is 13.1. The quantitative estimate of drug-likeness (QED) is 0.776. The number of urea groups is 1. The van der Waals surface area contributed by atoms with Crippen molar-refractivity contribution in [3.8, 4) is 0 Å². The van der Waals surface area contributed by atoms with Gasteiger partial charge in [0.25, 0.3) is 0 Å². The van der Waals surface area contributed by atoms with Crippen LogP contribution in [0, 0.1) is 5.82 Å². The highest BCUT2D eigenvalue weighted by atomic mass is 32.1. The lowest BCUT2D eigenvalue weighted by atomic mass is 10.1. The van der Waals surface area contributed by atoms with E-state index in [-0.39, 0.29) is 17.9 Å². The van der Waals surface area contributed by atoms with Crippen molar-refractivity contribution in [1.82, 2.24) is 10.6 Å². The number of rotatable bonds is 6. The maximum Gasteiger partial charge on any atom is 0.315 e. The zero-order valence-electron chi connectivity index (χ0n) is 11.9. The van der Waals surface area contributed by atoms with Crippen LogP contribution in [-0.2, 0) is 0 Å². The van der Waals surface area contributed by atoms with Gasteiger partial charge in [0.2, 0.25) is 0 Å². The predicted molar refractivity (Wildman–Crippen MR) is 84.0 cm³/mol. The number of unbranched alkanes of at least 4 members (excludes halogenated alkanes) is 1. The Morgan fingerprint density at radius 2 is 2.05 bits per heavy atom. The molecule has 1 unspecified atom stereocenters. The number of halogens is 1. The molecule has 0 aliphatic carbocycles. The SMILES string of the molecule is CCCCNC(=O)NC(c1ccc(F)cc1)c1cccs1. The van der Waals surface area contributed by atoms with E-state index < -0.39 is 0 Å². The van der Waals surface area contributed by atoms with Crippen LogP contribution in [0.1, 0.15) is 36.2 Å². The number of hydrogen-bond acceptors (Lipinski definition) is 2. The average molecular weight is 306 g/mol. The zero-order valence-corrected chi connectivity index (χ0v) is 12.8. The number of amides is 2. The molecule has 112 valence electrons. The maximum atomic E-state index is 13.1. The van der Waals surface area contributed by atoms with Crippen LogP contribution < -0.4 is 10.6 Å². The molecular weight excluding hydrogens is 287 g/mol. The van der Waals surface area contributed by atoms with Crippen LogP contribution in [0.4, 0.5) is 9.18 Å². The summed E-state index contributed by atoms with van der Waals surface area (Å²) in [6.45, 7) is 2.73. The zero-order chi connectivity index (χ0) is 15.1. The van der Waals surface area contributed by atoms with Gasteiger partial charge in [0.05, 0.1) is 6.04 Å². The van der Waals surface area contributed by atoms with E-state index in [4.69, 9.17) is 0 Å². The summed E-state index contributed by atoms with van der Waals surface area (Å²) in [5.41, 5.74) is 0.865. The minimum Gasteiger partial charge on any atom is -0.338 e. The van der Waals surface area contributed by atoms with Crippen molar-refractivity contribution in [2.24, 2.45) is 0 Å². The van der Waals surface area contributed by atoms with Crippen LogP contribution in [0.15, 0.2) is 41.8 Å². The first-order valence-electron chi connectivity index (χ1n) is 7.04. The second-order valence-corrected chi connectivity index (χ2v) is 5.73. The molecule has 2 N–H and O–H groups in total. The minimum atomic E-state index is -0.281. The summed E-state index contributed by atoms with van der Waals surface area (Å²) in [5, 5.41) is 7.75. The predicted octanol–water partition coefficient (Wildman–Crippen LogP) is 4.08. The molecule has 0 radical (unpaired) electrons. The van der Waals surface area contributed by atoms with Gasteiger partial charge in [-0.05, 0) is 35.6 Å². The number of nitrogens with one attached hydrogen (secondary N) is 2. The third-order valence-electron chi connectivity index (χ3n) is 3.12. The molecule has 0 bridgehead atoms. The van der Waals surface area contributed by atoms with Crippen LogP contribution in [0.3, 0.4) is 0 Å². The first kappa shape index (κ1) is 15.5. The standard InChI is InChI=1S/C16H19FN2OS/c1-2-3-10-18-16(20)19-15(14-5-4-11-21-14)12-6-8-13(17)9-7-12/h4-9,11,15H,2-3,10H2,1H3,(H2,18,19,20). The third-order valence-corrected chi connectivity index (χ3v) is 4.06. The summed E-state index contributed by atoms with van der Waals surface area (Å²) >= 11 is 1.56. The van der Waals surface area contributed by atoms with Gasteiger partial charge in [-0.25, -0.2) is 9.18 Å². The van der Waals surface area contributed by atoms with E-state index in [9.17, 15) is 9.18 Å². The summed E-state index contributed by atoms with van der Waals surface area (Å²) in [6, 6.07) is 9.66. The van der Waals surface area contributed by atoms with E-state index in [1.54, 1.807) is 23.5 Å². The van der Waals surface area contributed by atoms with Gasteiger partial charge >= 0.3 is 6.03 Å². The summed E-state index contributed by atoms with van der Waals surface area (Å²) in [6.07, 6.45) is 1.99. The van der Waals surface area contributed by atoms with Crippen molar-refractivity contribution in [2.45, 2.75) is 25.8 Å².